The van der Waals surface area contributed by atoms with Crippen LogP contribution in [0.1, 0.15) is 8.35 Å². The topological polar surface area (TPSA) is 26.0 Å². The summed E-state index contributed by atoms with van der Waals surface area (Å²) in [6.07, 6.45) is 0. The first-order chi connectivity index (χ1) is 4.84. The molecule has 1 aromatic carbocycles. The van der Waals surface area contributed by atoms with Gasteiger partial charge in [0.05, 0.1) is 0 Å². The summed E-state index contributed by atoms with van der Waals surface area (Å²) in [7, 11) is 0. The van der Waals surface area contributed by atoms with Crippen LogP contribution >= 0.6 is 11.8 Å². The molecule has 0 atom stereocenters. The van der Waals surface area contributed by atoms with Crippen molar-refractivity contribution in [2.45, 2.75) is 11.8 Å². The van der Waals surface area contributed by atoms with Crippen LogP contribution in [0.25, 0.3) is 0 Å². The van der Waals surface area contributed by atoms with Crippen LogP contribution in [0.4, 0.5) is 5.69 Å². The standard InChI is InChI=1S/C8H11NS.H2/c1-2-10-8-6-4-3-5-7(8)9;/h3-6H,2,9H2,1H3;1H. The average Bonchev–Trinajstić information content (AvgIpc) is 1.94. The maximum absolute atomic E-state index is 5.69. The minimum atomic E-state index is 0. The van der Waals surface area contributed by atoms with Gasteiger partial charge < -0.3 is 5.73 Å². The van der Waals surface area contributed by atoms with E-state index in [1.165, 1.54) is 4.90 Å². The Morgan fingerprint density at radius 3 is 2.80 bits per heavy atom. The molecule has 56 valence electrons. The van der Waals surface area contributed by atoms with Crippen molar-refractivity contribution in [1.82, 2.24) is 0 Å². The zero-order valence-corrected chi connectivity index (χ0v) is 6.82. The van der Waals surface area contributed by atoms with Gasteiger partial charge in [-0.3, -0.25) is 0 Å². The zero-order chi connectivity index (χ0) is 7.40. The summed E-state index contributed by atoms with van der Waals surface area (Å²) in [4.78, 5) is 1.19. The summed E-state index contributed by atoms with van der Waals surface area (Å²) in [6.45, 7) is 2.12. The molecule has 0 bridgehead atoms. The second-order valence-corrected chi connectivity index (χ2v) is 3.28. The molecule has 0 aromatic heterocycles. The SMILES string of the molecule is CCSc1ccccc1N.[HH]. The highest BCUT2D eigenvalue weighted by atomic mass is 32.2. The number of rotatable bonds is 2. The lowest BCUT2D eigenvalue weighted by Gasteiger charge is -2.00. The minimum absolute atomic E-state index is 0. The Balaban J connectivity index is 0.000001000. The van der Waals surface area contributed by atoms with Gasteiger partial charge in [-0.2, -0.15) is 0 Å². The summed E-state index contributed by atoms with van der Waals surface area (Å²) in [5.74, 6) is 1.08. The highest BCUT2D eigenvalue weighted by Crippen LogP contribution is 2.23. The van der Waals surface area contributed by atoms with Gasteiger partial charge in [-0.25, -0.2) is 0 Å². The lowest BCUT2D eigenvalue weighted by molar-refractivity contribution is 1.43. The third-order valence-corrected chi connectivity index (χ3v) is 2.19. The van der Waals surface area contributed by atoms with Crippen molar-refractivity contribution in [3.05, 3.63) is 24.3 Å². The van der Waals surface area contributed by atoms with Crippen LogP contribution in [-0.2, 0) is 0 Å². The monoisotopic (exact) mass is 155 g/mol. The van der Waals surface area contributed by atoms with E-state index in [0.717, 1.165) is 11.4 Å². The van der Waals surface area contributed by atoms with Crippen molar-refractivity contribution in [2.24, 2.45) is 0 Å². The number of nitrogen functional groups attached to an aromatic ring is 1. The molecular formula is C8H13NS. The molecule has 0 heterocycles. The Labute approximate surface area is 67.1 Å². The quantitative estimate of drug-likeness (QED) is 0.525. The van der Waals surface area contributed by atoms with E-state index >= 15 is 0 Å². The van der Waals surface area contributed by atoms with E-state index in [1.54, 1.807) is 11.8 Å². The predicted molar refractivity (Wildman–Crippen MR) is 49.4 cm³/mol. The molecule has 0 aliphatic carbocycles. The van der Waals surface area contributed by atoms with Crippen molar-refractivity contribution in [1.29, 1.82) is 0 Å². The summed E-state index contributed by atoms with van der Waals surface area (Å²) in [6, 6.07) is 7.94. The number of hydrogen-bond acceptors (Lipinski definition) is 2. The molecular weight excluding hydrogens is 142 g/mol. The van der Waals surface area contributed by atoms with Crippen molar-refractivity contribution < 1.29 is 1.43 Å². The van der Waals surface area contributed by atoms with Gasteiger partial charge in [-0.05, 0) is 17.9 Å². The largest absolute Gasteiger partial charge is 0.398 e. The van der Waals surface area contributed by atoms with E-state index < -0.39 is 0 Å². The van der Waals surface area contributed by atoms with E-state index in [4.69, 9.17) is 5.73 Å². The maximum Gasteiger partial charge on any atom is 0.0452 e. The lowest BCUT2D eigenvalue weighted by atomic mass is 10.3. The molecule has 0 spiro atoms. The average molecular weight is 155 g/mol. The van der Waals surface area contributed by atoms with Gasteiger partial charge in [0.15, 0.2) is 0 Å². The highest BCUT2D eigenvalue weighted by Gasteiger charge is 1.93. The van der Waals surface area contributed by atoms with Gasteiger partial charge in [-0.1, -0.05) is 19.1 Å². The van der Waals surface area contributed by atoms with Gasteiger partial charge in [-0.15, -0.1) is 11.8 Å². The summed E-state index contributed by atoms with van der Waals surface area (Å²) in [5.41, 5.74) is 6.57. The van der Waals surface area contributed by atoms with E-state index in [0.29, 0.717) is 0 Å². The van der Waals surface area contributed by atoms with Crippen LogP contribution in [-0.4, -0.2) is 5.75 Å². The molecule has 0 aliphatic heterocycles. The van der Waals surface area contributed by atoms with E-state index in [1.807, 2.05) is 24.3 Å². The number of nitrogens with two attached hydrogens (primary N) is 1. The molecule has 1 rings (SSSR count). The van der Waals surface area contributed by atoms with E-state index in [2.05, 4.69) is 6.92 Å². The summed E-state index contributed by atoms with van der Waals surface area (Å²) in [5, 5.41) is 0. The molecule has 0 saturated heterocycles. The Kier molecular flexibility index (Phi) is 2.63. The van der Waals surface area contributed by atoms with E-state index in [-0.39, 0.29) is 1.43 Å². The summed E-state index contributed by atoms with van der Waals surface area (Å²) >= 11 is 1.78. The Hall–Kier alpha value is -0.630. The van der Waals surface area contributed by atoms with Gasteiger partial charge in [0.1, 0.15) is 0 Å². The lowest BCUT2D eigenvalue weighted by Crippen LogP contribution is -1.86. The van der Waals surface area contributed by atoms with Crippen LogP contribution in [0.5, 0.6) is 0 Å². The normalized spacial score (nSPS) is 9.70. The zero-order valence-electron chi connectivity index (χ0n) is 6.00. The number of hydrogen-bond donors (Lipinski definition) is 1. The fraction of sp³-hybridized carbons (Fsp3) is 0.250. The molecule has 1 nitrogen and oxygen atoms in total. The van der Waals surface area contributed by atoms with Gasteiger partial charge in [0.2, 0.25) is 0 Å². The molecule has 0 fully saturated rings. The van der Waals surface area contributed by atoms with E-state index in [9.17, 15) is 0 Å². The molecule has 10 heavy (non-hydrogen) atoms. The van der Waals surface area contributed by atoms with Gasteiger partial charge in [0, 0.05) is 12.0 Å². The highest BCUT2D eigenvalue weighted by molar-refractivity contribution is 7.99. The summed E-state index contributed by atoms with van der Waals surface area (Å²) < 4.78 is 0. The van der Waals surface area contributed by atoms with Crippen molar-refractivity contribution >= 4 is 17.4 Å². The van der Waals surface area contributed by atoms with Gasteiger partial charge >= 0.3 is 0 Å². The molecule has 0 saturated carbocycles. The van der Waals surface area contributed by atoms with Crippen LogP contribution in [0.3, 0.4) is 0 Å². The first-order valence-electron chi connectivity index (χ1n) is 3.32. The molecule has 0 aliphatic rings. The molecule has 0 radical (unpaired) electrons. The molecule has 0 unspecified atom stereocenters. The molecule has 2 heteroatoms. The third-order valence-electron chi connectivity index (χ3n) is 1.22. The molecule has 0 amide bonds. The first kappa shape index (κ1) is 7.48. The fourth-order valence-corrected chi connectivity index (χ4v) is 1.49. The fourth-order valence-electron chi connectivity index (χ4n) is 0.767. The van der Waals surface area contributed by atoms with Crippen LogP contribution in [0, 0.1) is 0 Å². The number of thioether (sulfide) groups is 1. The van der Waals surface area contributed by atoms with Crippen LogP contribution in [0.2, 0.25) is 0 Å². The maximum atomic E-state index is 5.69. The van der Waals surface area contributed by atoms with Crippen LogP contribution < -0.4 is 5.73 Å². The Morgan fingerprint density at radius 1 is 1.50 bits per heavy atom. The van der Waals surface area contributed by atoms with Crippen molar-refractivity contribution in [2.75, 3.05) is 11.5 Å². The first-order valence-corrected chi connectivity index (χ1v) is 4.30. The number of benzene rings is 1. The molecule has 1 aromatic rings. The van der Waals surface area contributed by atoms with Crippen molar-refractivity contribution in [3.63, 3.8) is 0 Å². The van der Waals surface area contributed by atoms with Crippen LogP contribution in [0.15, 0.2) is 29.2 Å². The number of anilines is 1. The van der Waals surface area contributed by atoms with Crippen molar-refractivity contribution in [3.8, 4) is 0 Å². The Morgan fingerprint density at radius 2 is 2.20 bits per heavy atom. The predicted octanol–water partition coefficient (Wildman–Crippen LogP) is 2.63. The number of para-hydroxylation sites is 1. The second-order valence-electron chi connectivity index (χ2n) is 1.97. The minimum Gasteiger partial charge on any atom is -0.398 e. The smallest absolute Gasteiger partial charge is 0.0452 e. The second kappa shape index (κ2) is 3.52. The van der Waals surface area contributed by atoms with Gasteiger partial charge in [0.25, 0.3) is 0 Å². The third kappa shape index (κ3) is 1.67. The Bertz CT molecular complexity index is 215. The molecule has 2 N–H and O–H groups in total.